The van der Waals surface area contributed by atoms with E-state index in [-0.39, 0.29) is 5.41 Å². The molecule has 2 aliphatic rings. The van der Waals surface area contributed by atoms with Crippen LogP contribution in [0.15, 0.2) is 24.3 Å². The normalized spacial score (nSPS) is 33.0. The molecule has 0 saturated carbocycles. The third kappa shape index (κ3) is 3.49. The lowest BCUT2D eigenvalue weighted by atomic mass is 9.74. The molecule has 0 spiro atoms. The highest BCUT2D eigenvalue weighted by molar-refractivity contribution is 5.28. The van der Waals surface area contributed by atoms with E-state index in [1.54, 1.807) is 0 Å². The summed E-state index contributed by atoms with van der Waals surface area (Å²) in [4.78, 5) is 0. The lowest BCUT2D eigenvalue weighted by Crippen LogP contribution is -2.56. The van der Waals surface area contributed by atoms with Crippen LogP contribution in [0.25, 0.3) is 0 Å². The highest BCUT2D eigenvalue weighted by Gasteiger charge is 2.40. The van der Waals surface area contributed by atoms with Gasteiger partial charge in [-0.3, -0.25) is 0 Å². The molecule has 1 aromatic rings. The van der Waals surface area contributed by atoms with Crippen molar-refractivity contribution in [2.45, 2.75) is 82.4 Å². The first-order valence-electron chi connectivity index (χ1n) is 8.42. The number of benzene rings is 1. The average Bonchev–Trinajstić information content (AvgIpc) is 2.37. The monoisotopic (exact) mass is 287 g/mol. The minimum atomic E-state index is -0.510. The first-order valence-corrected chi connectivity index (χ1v) is 8.42. The summed E-state index contributed by atoms with van der Waals surface area (Å²) < 4.78 is 0. The predicted molar refractivity (Wildman–Crippen MR) is 87.6 cm³/mol. The maximum absolute atomic E-state index is 11.0. The van der Waals surface area contributed by atoms with Gasteiger partial charge in [-0.1, -0.05) is 51.5 Å². The molecule has 0 aliphatic carbocycles. The number of fused-ring (bicyclic) bond motifs is 2. The van der Waals surface area contributed by atoms with Gasteiger partial charge in [0, 0.05) is 18.5 Å². The van der Waals surface area contributed by atoms with Gasteiger partial charge >= 0.3 is 0 Å². The molecular formula is C19H29NO. The van der Waals surface area contributed by atoms with Gasteiger partial charge in [0.1, 0.15) is 0 Å². The number of piperidine rings is 2. The number of rotatable bonds is 2. The van der Waals surface area contributed by atoms with Crippen molar-refractivity contribution in [3.05, 3.63) is 35.4 Å². The Bertz CT molecular complexity index is 473. The largest absolute Gasteiger partial charge is 0.389 e. The van der Waals surface area contributed by atoms with Crippen molar-refractivity contribution in [3.63, 3.8) is 0 Å². The van der Waals surface area contributed by atoms with Crippen LogP contribution in [-0.4, -0.2) is 22.8 Å². The molecule has 2 unspecified atom stereocenters. The fourth-order valence-corrected chi connectivity index (χ4v) is 4.08. The molecule has 0 radical (unpaired) electrons. The summed E-state index contributed by atoms with van der Waals surface area (Å²) in [5.74, 6) is 0. The highest BCUT2D eigenvalue weighted by Crippen LogP contribution is 2.35. The molecular weight excluding hydrogens is 258 g/mol. The van der Waals surface area contributed by atoms with E-state index in [2.05, 4.69) is 50.4 Å². The maximum Gasteiger partial charge on any atom is 0.0717 e. The minimum absolute atomic E-state index is 0.196. The second-order valence-corrected chi connectivity index (χ2v) is 8.25. The Balaban J connectivity index is 1.71. The van der Waals surface area contributed by atoms with E-state index in [1.165, 1.54) is 30.4 Å². The molecule has 2 atom stereocenters. The summed E-state index contributed by atoms with van der Waals surface area (Å²) in [6, 6.07) is 9.90. The average molecular weight is 287 g/mol. The van der Waals surface area contributed by atoms with Gasteiger partial charge in [0.2, 0.25) is 0 Å². The Morgan fingerprint density at radius 1 is 1.10 bits per heavy atom. The third-order valence-electron chi connectivity index (χ3n) is 5.18. The molecule has 2 aliphatic heterocycles. The first-order chi connectivity index (χ1) is 9.84. The van der Waals surface area contributed by atoms with Gasteiger partial charge in [0.05, 0.1) is 5.60 Å². The van der Waals surface area contributed by atoms with Crippen LogP contribution in [0.2, 0.25) is 0 Å². The van der Waals surface area contributed by atoms with E-state index in [0.29, 0.717) is 12.1 Å². The summed E-state index contributed by atoms with van der Waals surface area (Å²) in [5.41, 5.74) is 2.32. The van der Waals surface area contributed by atoms with Gasteiger partial charge in [0.25, 0.3) is 0 Å². The lowest BCUT2D eigenvalue weighted by Gasteiger charge is -2.45. The topological polar surface area (TPSA) is 32.3 Å². The second-order valence-electron chi connectivity index (χ2n) is 8.25. The fourth-order valence-electron chi connectivity index (χ4n) is 4.08. The Morgan fingerprint density at radius 3 is 2.19 bits per heavy atom. The Labute approximate surface area is 129 Å². The highest BCUT2D eigenvalue weighted by atomic mass is 16.3. The zero-order valence-electron chi connectivity index (χ0n) is 13.7. The van der Waals surface area contributed by atoms with E-state index in [4.69, 9.17) is 0 Å². The van der Waals surface area contributed by atoms with Gasteiger partial charge in [0.15, 0.2) is 0 Å². The van der Waals surface area contributed by atoms with Crippen molar-refractivity contribution in [2.75, 3.05) is 0 Å². The summed E-state index contributed by atoms with van der Waals surface area (Å²) in [5, 5.41) is 14.7. The zero-order valence-corrected chi connectivity index (χ0v) is 13.7. The SMILES string of the molecule is CC(C)(C)c1ccc(CC2(O)CC3CCCC(C2)N3)cc1. The van der Waals surface area contributed by atoms with Gasteiger partial charge in [-0.15, -0.1) is 0 Å². The van der Waals surface area contributed by atoms with Gasteiger partial charge < -0.3 is 10.4 Å². The molecule has 2 nitrogen and oxygen atoms in total. The molecule has 2 heterocycles. The molecule has 1 aromatic carbocycles. The van der Waals surface area contributed by atoms with Gasteiger partial charge in [-0.2, -0.15) is 0 Å². The van der Waals surface area contributed by atoms with Crippen molar-refractivity contribution in [1.82, 2.24) is 5.32 Å². The van der Waals surface area contributed by atoms with Crippen LogP contribution in [0.3, 0.4) is 0 Å². The maximum atomic E-state index is 11.0. The lowest BCUT2D eigenvalue weighted by molar-refractivity contribution is -0.0302. The molecule has 2 N–H and O–H groups in total. The van der Waals surface area contributed by atoms with Crippen LogP contribution >= 0.6 is 0 Å². The van der Waals surface area contributed by atoms with Crippen molar-refractivity contribution < 1.29 is 5.11 Å². The summed E-state index contributed by atoms with van der Waals surface area (Å²) in [6.07, 6.45) is 6.38. The zero-order chi connectivity index (χ0) is 15.1. The predicted octanol–water partition coefficient (Wildman–Crippen LogP) is 3.56. The Morgan fingerprint density at radius 2 is 1.67 bits per heavy atom. The number of hydrogen-bond acceptors (Lipinski definition) is 2. The molecule has 116 valence electrons. The van der Waals surface area contributed by atoms with Crippen LogP contribution in [0, 0.1) is 0 Å². The Hall–Kier alpha value is -0.860. The smallest absolute Gasteiger partial charge is 0.0717 e. The van der Waals surface area contributed by atoms with Crippen LogP contribution in [0.4, 0.5) is 0 Å². The van der Waals surface area contributed by atoms with Crippen molar-refractivity contribution in [1.29, 1.82) is 0 Å². The minimum Gasteiger partial charge on any atom is -0.389 e. The van der Waals surface area contributed by atoms with E-state index < -0.39 is 5.60 Å². The van der Waals surface area contributed by atoms with Crippen LogP contribution < -0.4 is 5.32 Å². The second kappa shape index (κ2) is 5.40. The van der Waals surface area contributed by atoms with E-state index in [9.17, 15) is 5.11 Å². The van der Waals surface area contributed by atoms with Gasteiger partial charge in [-0.05, 0) is 42.2 Å². The van der Waals surface area contributed by atoms with Crippen molar-refractivity contribution in [2.24, 2.45) is 0 Å². The van der Waals surface area contributed by atoms with E-state index >= 15 is 0 Å². The van der Waals surface area contributed by atoms with Crippen LogP contribution in [0.5, 0.6) is 0 Å². The van der Waals surface area contributed by atoms with Crippen molar-refractivity contribution >= 4 is 0 Å². The summed E-state index contributed by atoms with van der Waals surface area (Å²) >= 11 is 0. The first kappa shape index (κ1) is 15.1. The summed E-state index contributed by atoms with van der Waals surface area (Å²) in [7, 11) is 0. The molecule has 0 amide bonds. The molecule has 2 heteroatoms. The number of hydrogen-bond donors (Lipinski definition) is 2. The molecule has 2 fully saturated rings. The Kier molecular flexibility index (Phi) is 3.87. The number of aliphatic hydroxyl groups is 1. The molecule has 21 heavy (non-hydrogen) atoms. The molecule has 0 aromatic heterocycles. The number of nitrogens with one attached hydrogen (secondary N) is 1. The quantitative estimate of drug-likeness (QED) is 0.871. The molecule has 3 rings (SSSR count). The standard InChI is InChI=1S/C19H29NO/c1-18(2,3)15-9-7-14(8-10-15)11-19(21)12-16-5-4-6-17(13-19)20-16/h7-10,16-17,20-21H,4-6,11-13H2,1-3H3. The van der Waals surface area contributed by atoms with Gasteiger partial charge in [-0.25, -0.2) is 0 Å². The summed E-state index contributed by atoms with van der Waals surface area (Å²) in [6.45, 7) is 6.72. The van der Waals surface area contributed by atoms with E-state index in [0.717, 1.165) is 19.3 Å². The van der Waals surface area contributed by atoms with Crippen LogP contribution in [0.1, 0.15) is 64.0 Å². The fraction of sp³-hybridized carbons (Fsp3) is 0.684. The van der Waals surface area contributed by atoms with Crippen molar-refractivity contribution in [3.8, 4) is 0 Å². The molecule has 2 bridgehead atoms. The van der Waals surface area contributed by atoms with E-state index in [1.807, 2.05) is 0 Å². The third-order valence-corrected chi connectivity index (χ3v) is 5.18. The van der Waals surface area contributed by atoms with Crippen LogP contribution in [-0.2, 0) is 11.8 Å². The molecule has 2 saturated heterocycles.